The fourth-order valence-electron chi connectivity index (χ4n) is 3.57. The summed E-state index contributed by atoms with van der Waals surface area (Å²) < 4.78 is 53.9. The van der Waals surface area contributed by atoms with Gasteiger partial charge in [-0.3, -0.25) is 9.59 Å². The van der Waals surface area contributed by atoms with Crippen LogP contribution in [0.1, 0.15) is 52.4 Å². The first kappa shape index (κ1) is 26.8. The topological polar surface area (TPSA) is 77.1 Å². The summed E-state index contributed by atoms with van der Waals surface area (Å²) in [6, 6.07) is 4.48. The van der Waals surface area contributed by atoms with Crippen molar-refractivity contribution >= 4 is 17.6 Å². The summed E-state index contributed by atoms with van der Waals surface area (Å²) in [5.74, 6) is -0.193. The van der Waals surface area contributed by atoms with Crippen molar-refractivity contribution in [3.63, 3.8) is 0 Å². The number of rotatable bonds is 12. The number of carbonyl (C=O) groups excluding carboxylic acids is 2. The largest absolute Gasteiger partial charge is 0.494 e. The molecule has 0 bridgehead atoms. The molecule has 1 unspecified atom stereocenters. The second-order valence-electron chi connectivity index (χ2n) is 7.92. The number of alkyl halides is 3. The van der Waals surface area contributed by atoms with E-state index < -0.39 is 12.8 Å². The van der Waals surface area contributed by atoms with Crippen molar-refractivity contribution in [2.24, 2.45) is 0 Å². The Morgan fingerprint density at radius 3 is 2.61 bits per heavy atom. The molecule has 1 aromatic carbocycles. The molecule has 0 aromatic heterocycles. The monoisotopic (exact) mass is 474 g/mol. The molecule has 10 heteroatoms. The Balaban J connectivity index is 2.11. The number of anilines is 1. The number of carbonyl (C=O) groups is 2. The number of amides is 1. The molecular formula is C23H33F3N2O5. The first-order valence-corrected chi connectivity index (χ1v) is 11.3. The summed E-state index contributed by atoms with van der Waals surface area (Å²) in [5.41, 5.74) is 0.239. The molecule has 1 amide bonds. The first-order valence-electron chi connectivity index (χ1n) is 11.3. The summed E-state index contributed by atoms with van der Waals surface area (Å²) in [7, 11) is 0. The zero-order valence-electron chi connectivity index (χ0n) is 19.2. The average Bonchev–Trinajstić information content (AvgIpc) is 2.76. The van der Waals surface area contributed by atoms with E-state index in [2.05, 4.69) is 5.32 Å². The van der Waals surface area contributed by atoms with E-state index in [1.54, 1.807) is 6.92 Å². The number of esters is 1. The van der Waals surface area contributed by atoms with Gasteiger partial charge in [0.1, 0.15) is 11.5 Å². The number of nitrogens with one attached hydrogen (secondary N) is 1. The number of hydrogen-bond acceptors (Lipinski definition) is 6. The van der Waals surface area contributed by atoms with Crippen LogP contribution in [0, 0.1) is 0 Å². The quantitative estimate of drug-likeness (QED) is 0.361. The molecule has 2 rings (SSSR count). The van der Waals surface area contributed by atoms with Crippen LogP contribution >= 0.6 is 0 Å². The summed E-state index contributed by atoms with van der Waals surface area (Å²) >= 11 is 0. The van der Waals surface area contributed by atoms with Crippen LogP contribution in [0.5, 0.6) is 11.5 Å². The van der Waals surface area contributed by atoms with Crippen LogP contribution in [0.4, 0.5) is 18.9 Å². The summed E-state index contributed by atoms with van der Waals surface area (Å²) in [6.45, 7) is 3.47. The molecule has 1 heterocycles. The van der Waals surface area contributed by atoms with Crippen molar-refractivity contribution in [2.45, 2.75) is 64.6 Å². The van der Waals surface area contributed by atoms with Gasteiger partial charge in [0.25, 0.3) is 0 Å². The maximum atomic E-state index is 12.8. The fourth-order valence-corrected chi connectivity index (χ4v) is 3.57. The second kappa shape index (κ2) is 13.3. The molecule has 186 valence electrons. The maximum absolute atomic E-state index is 12.8. The second-order valence-corrected chi connectivity index (χ2v) is 7.92. The van der Waals surface area contributed by atoms with Gasteiger partial charge in [-0.15, -0.1) is 0 Å². The van der Waals surface area contributed by atoms with Crippen LogP contribution in [-0.4, -0.2) is 57.0 Å². The highest BCUT2D eigenvalue weighted by Crippen LogP contribution is 2.34. The van der Waals surface area contributed by atoms with Crippen molar-refractivity contribution in [2.75, 3.05) is 37.8 Å². The van der Waals surface area contributed by atoms with Crippen molar-refractivity contribution in [3.05, 3.63) is 18.2 Å². The molecule has 0 spiro atoms. The lowest BCUT2D eigenvalue weighted by Crippen LogP contribution is -2.45. The molecular weight excluding hydrogens is 441 g/mol. The Morgan fingerprint density at radius 2 is 1.97 bits per heavy atom. The van der Waals surface area contributed by atoms with Gasteiger partial charge < -0.3 is 24.4 Å². The highest BCUT2D eigenvalue weighted by Gasteiger charge is 2.30. The number of benzene rings is 1. The Bertz CT molecular complexity index is 767. The smallest absolute Gasteiger partial charge is 0.422 e. The lowest BCUT2D eigenvalue weighted by Gasteiger charge is -2.31. The van der Waals surface area contributed by atoms with Gasteiger partial charge in [0.2, 0.25) is 5.91 Å². The first-order chi connectivity index (χ1) is 15.7. The van der Waals surface area contributed by atoms with Crippen LogP contribution in [0.2, 0.25) is 0 Å². The number of unbranched alkanes of at least 4 members (excludes halogenated alkanes) is 1. The zero-order chi connectivity index (χ0) is 24.3. The fraction of sp³-hybridized carbons (Fsp3) is 0.652. The molecule has 7 nitrogen and oxygen atoms in total. The highest BCUT2D eigenvalue weighted by atomic mass is 19.4. The third kappa shape index (κ3) is 9.89. The van der Waals surface area contributed by atoms with E-state index >= 15 is 0 Å². The van der Waals surface area contributed by atoms with Gasteiger partial charge in [0.15, 0.2) is 6.61 Å². The maximum Gasteiger partial charge on any atom is 0.422 e. The van der Waals surface area contributed by atoms with Gasteiger partial charge in [0.05, 0.1) is 18.9 Å². The van der Waals surface area contributed by atoms with Crippen LogP contribution in [0.3, 0.4) is 0 Å². The Kier molecular flexibility index (Phi) is 10.8. The minimum absolute atomic E-state index is 0.0343. The average molecular weight is 475 g/mol. The van der Waals surface area contributed by atoms with Crippen molar-refractivity contribution in [3.8, 4) is 11.5 Å². The van der Waals surface area contributed by atoms with Crippen LogP contribution in [-0.2, 0) is 14.3 Å². The molecule has 1 aliphatic rings. The minimum Gasteiger partial charge on any atom is -0.494 e. The number of hydrogen-bond donors (Lipinski definition) is 1. The number of ether oxygens (including phenoxy) is 3. The molecule has 1 atom stereocenters. The van der Waals surface area contributed by atoms with E-state index in [-0.39, 0.29) is 29.4 Å². The van der Waals surface area contributed by atoms with Crippen molar-refractivity contribution in [1.29, 1.82) is 0 Å². The molecule has 0 aliphatic carbocycles. The van der Waals surface area contributed by atoms with Crippen LogP contribution in [0.15, 0.2) is 18.2 Å². The van der Waals surface area contributed by atoms with Crippen LogP contribution < -0.4 is 19.7 Å². The predicted molar refractivity (Wildman–Crippen MR) is 118 cm³/mol. The lowest BCUT2D eigenvalue weighted by atomic mass is 10.0. The van der Waals surface area contributed by atoms with Gasteiger partial charge in [-0.2, -0.15) is 13.2 Å². The van der Waals surface area contributed by atoms with Crippen LogP contribution in [0.25, 0.3) is 0 Å². The van der Waals surface area contributed by atoms with Gasteiger partial charge in [-0.25, -0.2) is 0 Å². The molecule has 1 fully saturated rings. The van der Waals surface area contributed by atoms with E-state index in [1.165, 1.54) is 30.0 Å². The van der Waals surface area contributed by atoms with Gasteiger partial charge in [-0.05, 0) is 51.3 Å². The Morgan fingerprint density at radius 1 is 1.18 bits per heavy atom. The Hall–Kier alpha value is -2.49. The van der Waals surface area contributed by atoms with E-state index in [4.69, 9.17) is 14.2 Å². The minimum atomic E-state index is -4.50. The zero-order valence-corrected chi connectivity index (χ0v) is 19.2. The molecule has 33 heavy (non-hydrogen) atoms. The molecule has 1 aliphatic heterocycles. The van der Waals surface area contributed by atoms with E-state index in [1.807, 2.05) is 0 Å². The molecule has 0 radical (unpaired) electrons. The lowest BCUT2D eigenvalue weighted by molar-refractivity contribution is -0.153. The van der Waals surface area contributed by atoms with E-state index in [0.717, 1.165) is 25.8 Å². The molecule has 1 saturated heterocycles. The summed E-state index contributed by atoms with van der Waals surface area (Å²) in [4.78, 5) is 25.3. The van der Waals surface area contributed by atoms with E-state index in [0.29, 0.717) is 44.8 Å². The third-order valence-corrected chi connectivity index (χ3v) is 5.16. The number of piperidine rings is 1. The van der Waals surface area contributed by atoms with Gasteiger partial charge in [-0.1, -0.05) is 6.42 Å². The normalized spacial score (nSPS) is 16.2. The highest BCUT2D eigenvalue weighted by molar-refractivity contribution is 5.93. The predicted octanol–water partition coefficient (Wildman–Crippen LogP) is 4.23. The summed E-state index contributed by atoms with van der Waals surface area (Å²) in [6.07, 6.45) is -0.0736. The number of halogens is 3. The molecule has 0 saturated carbocycles. The van der Waals surface area contributed by atoms with E-state index in [9.17, 15) is 22.8 Å². The van der Waals surface area contributed by atoms with Crippen molar-refractivity contribution in [1.82, 2.24) is 5.32 Å². The summed E-state index contributed by atoms with van der Waals surface area (Å²) in [5, 5.41) is 3.35. The SMILES string of the molecule is CCOC(=O)CCCCOc1ccc(OCC(F)(F)F)c(N(CC2CCCCN2)C(C)=O)c1. The van der Waals surface area contributed by atoms with Gasteiger partial charge >= 0.3 is 12.1 Å². The number of nitrogens with zero attached hydrogens (tertiary/aromatic N) is 1. The van der Waals surface area contributed by atoms with Gasteiger partial charge in [0, 0.05) is 32.0 Å². The molecule has 1 N–H and O–H groups in total. The standard InChI is InChI=1S/C23H33F3N2O5/c1-3-31-22(30)9-5-7-13-32-19-10-11-21(33-16-23(24,25)26)20(14-19)28(17(2)29)15-18-8-4-6-12-27-18/h10-11,14,18,27H,3-9,12-13,15-16H2,1-2H3. The Labute approximate surface area is 192 Å². The molecule has 1 aromatic rings. The van der Waals surface area contributed by atoms with Crippen molar-refractivity contribution < 1.29 is 37.0 Å². The third-order valence-electron chi connectivity index (χ3n) is 5.16.